The van der Waals surface area contributed by atoms with Gasteiger partial charge in [-0.15, -0.1) is 0 Å². The molecule has 1 nitrogen and oxygen atoms in total. The lowest BCUT2D eigenvalue weighted by Crippen LogP contribution is -2.29. The second-order valence-electron chi connectivity index (χ2n) is 4.24. The summed E-state index contributed by atoms with van der Waals surface area (Å²) in [5.41, 5.74) is 1.44. The van der Waals surface area contributed by atoms with Gasteiger partial charge >= 0.3 is 0 Å². The summed E-state index contributed by atoms with van der Waals surface area (Å²) >= 11 is 0. The molecule has 0 aromatic heterocycles. The summed E-state index contributed by atoms with van der Waals surface area (Å²) in [5, 5.41) is 0. The van der Waals surface area contributed by atoms with Gasteiger partial charge in [-0.1, -0.05) is 31.4 Å². The lowest BCUT2D eigenvalue weighted by molar-refractivity contribution is 0.447. The zero-order chi connectivity index (χ0) is 10.1. The van der Waals surface area contributed by atoms with Crippen LogP contribution in [0.3, 0.4) is 0 Å². The molecule has 1 aliphatic carbocycles. The van der Waals surface area contributed by atoms with E-state index in [1.54, 1.807) is 0 Å². The smallest absolute Gasteiger partial charge is 0.0626 e. The topological polar surface area (TPSA) is 3.24 Å². The molecule has 1 aliphatic heterocycles. The van der Waals surface area contributed by atoms with Crippen molar-refractivity contribution in [2.45, 2.75) is 43.0 Å². The third kappa shape index (κ3) is 1.87. The van der Waals surface area contributed by atoms with Gasteiger partial charge in [-0.05, 0) is 35.8 Å². The van der Waals surface area contributed by atoms with E-state index >= 15 is 0 Å². The van der Waals surface area contributed by atoms with E-state index in [9.17, 15) is 0 Å². The summed E-state index contributed by atoms with van der Waals surface area (Å²) < 4.78 is 2.54. The third-order valence-corrected chi connectivity index (χ3v) is 5.72. The highest BCUT2D eigenvalue weighted by Crippen LogP contribution is 2.52. The summed E-state index contributed by atoms with van der Waals surface area (Å²) in [4.78, 5) is 1.44. The van der Waals surface area contributed by atoms with Crippen LogP contribution in [-0.4, -0.2) is 6.04 Å². The molecule has 2 aliphatic rings. The number of hydrogen-bond acceptors (Lipinski definition) is 3. The molecule has 3 rings (SSSR count). The van der Waals surface area contributed by atoms with Crippen molar-refractivity contribution >= 4 is 27.5 Å². The summed E-state index contributed by atoms with van der Waals surface area (Å²) in [6.07, 6.45) is 7.01. The van der Waals surface area contributed by atoms with Crippen LogP contribution in [0.4, 0.5) is 5.69 Å². The van der Waals surface area contributed by atoms with E-state index in [0.29, 0.717) is 0 Å². The minimum absolute atomic E-state index is 0.778. The Morgan fingerprint density at radius 1 is 1.07 bits per heavy atom. The lowest BCUT2D eigenvalue weighted by atomic mass is 9.95. The highest BCUT2D eigenvalue weighted by Gasteiger charge is 2.28. The van der Waals surface area contributed by atoms with Crippen LogP contribution in [-0.2, 0) is 0 Å². The molecular weight excluding hydrogens is 222 g/mol. The molecule has 0 radical (unpaired) electrons. The zero-order valence-corrected chi connectivity index (χ0v) is 10.3. The number of benzene rings is 1. The van der Waals surface area contributed by atoms with E-state index < -0.39 is 0 Å². The first-order valence-electron chi connectivity index (χ1n) is 5.68. The molecule has 1 heterocycles. The Kier molecular flexibility index (Phi) is 2.84. The highest BCUT2D eigenvalue weighted by molar-refractivity contribution is 8.77. The van der Waals surface area contributed by atoms with Crippen molar-refractivity contribution < 1.29 is 0 Å². The van der Waals surface area contributed by atoms with Gasteiger partial charge in [-0.25, -0.2) is 0 Å². The molecular formula is C12H15NS2. The van der Waals surface area contributed by atoms with Crippen molar-refractivity contribution in [2.75, 3.05) is 4.31 Å². The van der Waals surface area contributed by atoms with Gasteiger partial charge < -0.3 is 4.31 Å². The SMILES string of the molecule is c1ccc2c(c1)SSN2C1CCCCC1. The first-order chi connectivity index (χ1) is 7.45. The Bertz CT molecular complexity index is 347. The lowest BCUT2D eigenvalue weighted by Gasteiger charge is -2.31. The van der Waals surface area contributed by atoms with E-state index in [-0.39, 0.29) is 0 Å². The van der Waals surface area contributed by atoms with E-state index in [2.05, 4.69) is 28.6 Å². The van der Waals surface area contributed by atoms with Crippen LogP contribution in [0.1, 0.15) is 32.1 Å². The van der Waals surface area contributed by atoms with Crippen LogP contribution in [0.25, 0.3) is 0 Å². The second kappa shape index (κ2) is 4.30. The van der Waals surface area contributed by atoms with Gasteiger partial charge in [-0.3, -0.25) is 0 Å². The van der Waals surface area contributed by atoms with Crippen LogP contribution in [0.5, 0.6) is 0 Å². The van der Waals surface area contributed by atoms with Crippen molar-refractivity contribution in [3.8, 4) is 0 Å². The molecule has 0 saturated heterocycles. The fourth-order valence-electron chi connectivity index (χ4n) is 2.40. The van der Waals surface area contributed by atoms with E-state index in [0.717, 1.165) is 6.04 Å². The minimum atomic E-state index is 0.778. The molecule has 0 spiro atoms. The first kappa shape index (κ1) is 9.91. The molecule has 3 heteroatoms. The first-order valence-corrected chi connectivity index (χ1v) is 7.79. The van der Waals surface area contributed by atoms with Crippen LogP contribution in [0.15, 0.2) is 29.2 Å². The normalized spacial score (nSPS) is 21.7. The largest absolute Gasteiger partial charge is 0.303 e. The molecule has 1 aromatic rings. The van der Waals surface area contributed by atoms with Gasteiger partial charge in [-0.2, -0.15) is 0 Å². The average molecular weight is 237 g/mol. The molecule has 0 atom stereocenters. The van der Waals surface area contributed by atoms with Crippen LogP contribution < -0.4 is 4.31 Å². The van der Waals surface area contributed by atoms with Crippen molar-refractivity contribution in [2.24, 2.45) is 0 Å². The summed E-state index contributed by atoms with van der Waals surface area (Å²) in [6.45, 7) is 0. The number of rotatable bonds is 1. The van der Waals surface area contributed by atoms with Crippen LogP contribution in [0, 0.1) is 0 Å². The van der Waals surface area contributed by atoms with Crippen LogP contribution in [0.2, 0.25) is 0 Å². The standard InChI is InChI=1S/C12H15NS2/c1-2-6-10(7-3-1)13-11-8-4-5-9-12(11)14-15-13/h4-5,8-10H,1-3,6-7H2. The average Bonchev–Trinajstić information content (AvgIpc) is 2.74. The van der Waals surface area contributed by atoms with Gasteiger partial charge in [0.15, 0.2) is 0 Å². The van der Waals surface area contributed by atoms with E-state index in [1.165, 1.54) is 42.7 Å². The van der Waals surface area contributed by atoms with Crippen molar-refractivity contribution in [3.63, 3.8) is 0 Å². The van der Waals surface area contributed by atoms with E-state index in [1.807, 2.05) is 21.8 Å². The highest BCUT2D eigenvalue weighted by atomic mass is 33.1. The molecule has 0 unspecified atom stereocenters. The van der Waals surface area contributed by atoms with Crippen molar-refractivity contribution in [1.82, 2.24) is 0 Å². The van der Waals surface area contributed by atoms with Gasteiger partial charge in [0.25, 0.3) is 0 Å². The van der Waals surface area contributed by atoms with Gasteiger partial charge in [0, 0.05) is 21.9 Å². The number of hydrogen-bond donors (Lipinski definition) is 0. The maximum absolute atomic E-state index is 2.54. The molecule has 1 aromatic carbocycles. The predicted molar refractivity (Wildman–Crippen MR) is 69.2 cm³/mol. The van der Waals surface area contributed by atoms with E-state index in [4.69, 9.17) is 0 Å². The van der Waals surface area contributed by atoms with Gasteiger partial charge in [0.2, 0.25) is 0 Å². The van der Waals surface area contributed by atoms with Crippen molar-refractivity contribution in [3.05, 3.63) is 24.3 Å². The third-order valence-electron chi connectivity index (χ3n) is 3.22. The summed E-state index contributed by atoms with van der Waals surface area (Å²) in [5.74, 6) is 0. The molecule has 0 N–H and O–H groups in total. The van der Waals surface area contributed by atoms with Crippen molar-refractivity contribution in [1.29, 1.82) is 0 Å². The fourth-order valence-corrected chi connectivity index (χ4v) is 5.09. The Morgan fingerprint density at radius 2 is 1.87 bits per heavy atom. The second-order valence-corrected chi connectivity index (χ2v) is 6.34. The number of anilines is 1. The van der Waals surface area contributed by atoms with Gasteiger partial charge in [0.05, 0.1) is 5.69 Å². The number of nitrogens with zero attached hydrogens (tertiary/aromatic N) is 1. The summed E-state index contributed by atoms with van der Waals surface area (Å²) in [6, 6.07) is 9.56. The molecule has 80 valence electrons. The minimum Gasteiger partial charge on any atom is -0.303 e. The van der Waals surface area contributed by atoms with Gasteiger partial charge in [0.1, 0.15) is 0 Å². The Hall–Kier alpha value is -0.280. The predicted octanol–water partition coefficient (Wildman–Crippen LogP) is 4.49. The monoisotopic (exact) mass is 237 g/mol. The molecule has 0 amide bonds. The molecule has 1 fully saturated rings. The molecule has 15 heavy (non-hydrogen) atoms. The fraction of sp³-hybridized carbons (Fsp3) is 0.500. The number of fused-ring (bicyclic) bond motifs is 1. The maximum Gasteiger partial charge on any atom is 0.0626 e. The molecule has 0 bridgehead atoms. The quantitative estimate of drug-likeness (QED) is 0.523. The Morgan fingerprint density at radius 3 is 2.73 bits per heavy atom. The maximum atomic E-state index is 2.54. The van der Waals surface area contributed by atoms with Crippen LogP contribution >= 0.6 is 21.8 Å². The Balaban J connectivity index is 1.83. The Labute approximate surface area is 99.2 Å². The molecule has 1 saturated carbocycles. The number of para-hydroxylation sites is 1. The zero-order valence-electron chi connectivity index (χ0n) is 8.69. The summed E-state index contributed by atoms with van der Waals surface area (Å²) in [7, 11) is 3.84.